The average molecular weight is 362 g/mol. The molecule has 0 N–H and O–H groups in total. The number of fused-ring (bicyclic) bond motifs is 2. The summed E-state index contributed by atoms with van der Waals surface area (Å²) in [6, 6.07) is 9.30. The molecule has 0 atom stereocenters. The van der Waals surface area contributed by atoms with Gasteiger partial charge in [-0.25, -0.2) is 12.8 Å². The van der Waals surface area contributed by atoms with E-state index in [1.807, 2.05) is 0 Å². The molecule has 0 unspecified atom stereocenters. The summed E-state index contributed by atoms with van der Waals surface area (Å²) in [5, 5.41) is 4.26. The number of sulfonamides is 1. The first-order valence-electron chi connectivity index (χ1n) is 7.01. The van der Waals surface area contributed by atoms with Gasteiger partial charge in [0.05, 0.1) is 23.2 Å². The number of hydrogen-bond donors (Lipinski definition) is 0. The van der Waals surface area contributed by atoms with Crippen LogP contribution in [0.4, 0.5) is 4.39 Å². The highest BCUT2D eigenvalue weighted by Gasteiger charge is 2.27. The summed E-state index contributed by atoms with van der Waals surface area (Å²) in [7, 11) is -2.19. The van der Waals surface area contributed by atoms with E-state index in [4.69, 9.17) is 0 Å². The molecule has 0 amide bonds. The van der Waals surface area contributed by atoms with E-state index in [-0.39, 0.29) is 11.6 Å². The molecule has 6 nitrogen and oxygen atoms in total. The number of benzene rings is 2. The second-order valence-electron chi connectivity index (χ2n) is 5.41. The van der Waals surface area contributed by atoms with Gasteiger partial charge in [-0.1, -0.05) is 0 Å². The van der Waals surface area contributed by atoms with Crippen molar-refractivity contribution in [3.8, 4) is 0 Å². The van der Waals surface area contributed by atoms with E-state index in [9.17, 15) is 12.8 Å². The molecule has 0 saturated carbocycles. The third kappa shape index (κ3) is 2.45. The summed E-state index contributed by atoms with van der Waals surface area (Å²) in [4.78, 5) is 0. The number of halogens is 1. The molecule has 122 valence electrons. The zero-order valence-corrected chi connectivity index (χ0v) is 14.1. The Labute approximate surface area is 141 Å². The van der Waals surface area contributed by atoms with Crippen LogP contribution in [-0.2, 0) is 15.8 Å². The molecular weight excluding hydrogens is 351 g/mol. The summed E-state index contributed by atoms with van der Waals surface area (Å²) in [5.41, 5.74) is 3.68. The first kappa shape index (κ1) is 15.2. The molecule has 3 aromatic rings. The third-order valence-corrected chi connectivity index (χ3v) is 5.95. The van der Waals surface area contributed by atoms with Crippen LogP contribution in [-0.4, -0.2) is 34.3 Å². The number of rotatable bonds is 1. The van der Waals surface area contributed by atoms with Crippen molar-refractivity contribution in [1.82, 2.24) is 13.2 Å². The minimum Gasteiger partial charge on any atom is -0.207 e. The van der Waals surface area contributed by atoms with E-state index >= 15 is 0 Å². The largest absolute Gasteiger partial charge is 0.253 e. The first-order chi connectivity index (χ1) is 11.4. The Kier molecular flexibility index (Phi) is 3.36. The lowest BCUT2D eigenvalue weighted by Crippen LogP contribution is -2.22. The molecule has 24 heavy (non-hydrogen) atoms. The van der Waals surface area contributed by atoms with Crippen molar-refractivity contribution in [2.45, 2.75) is 5.75 Å². The van der Waals surface area contributed by atoms with E-state index in [1.54, 1.807) is 24.3 Å². The van der Waals surface area contributed by atoms with Gasteiger partial charge in [-0.3, -0.25) is 0 Å². The Bertz CT molecular complexity index is 1070. The fourth-order valence-electron chi connectivity index (χ4n) is 2.58. The van der Waals surface area contributed by atoms with Crippen LogP contribution < -0.4 is 0 Å². The van der Waals surface area contributed by atoms with Gasteiger partial charge < -0.3 is 0 Å². The molecule has 0 spiro atoms. The predicted octanol–water partition coefficient (Wildman–Crippen LogP) is 2.36. The summed E-state index contributed by atoms with van der Waals surface area (Å²) in [5.74, 6) is -0.547. The van der Waals surface area contributed by atoms with Crippen molar-refractivity contribution in [3.05, 3.63) is 58.9 Å². The van der Waals surface area contributed by atoms with Gasteiger partial charge >= 0.3 is 0 Å². The summed E-state index contributed by atoms with van der Waals surface area (Å²) >= 11 is 1.07. The lowest BCUT2D eigenvalue weighted by Gasteiger charge is -2.11. The maximum atomic E-state index is 13.2. The molecule has 0 bridgehead atoms. The zero-order chi connectivity index (χ0) is 16.9. The molecule has 9 heteroatoms. The van der Waals surface area contributed by atoms with Gasteiger partial charge in [-0.15, -0.1) is 0 Å². The van der Waals surface area contributed by atoms with Gasteiger partial charge in [0.2, 0.25) is 0 Å². The van der Waals surface area contributed by atoms with Gasteiger partial charge in [0.1, 0.15) is 16.9 Å². The van der Waals surface area contributed by atoms with Crippen LogP contribution in [0.3, 0.4) is 0 Å². The van der Waals surface area contributed by atoms with E-state index in [0.29, 0.717) is 33.4 Å². The fourth-order valence-corrected chi connectivity index (χ4v) is 4.12. The van der Waals surface area contributed by atoms with E-state index in [0.717, 1.165) is 16.1 Å². The van der Waals surface area contributed by atoms with Crippen molar-refractivity contribution in [3.63, 3.8) is 0 Å². The summed E-state index contributed by atoms with van der Waals surface area (Å²) < 4.78 is 47.4. The molecule has 2 heterocycles. The molecule has 0 aliphatic carbocycles. The van der Waals surface area contributed by atoms with Crippen LogP contribution >= 0.6 is 11.7 Å². The van der Waals surface area contributed by atoms with E-state index in [1.165, 1.54) is 19.2 Å². The van der Waals surface area contributed by atoms with E-state index < -0.39 is 10.0 Å². The average Bonchev–Trinajstić information content (AvgIpc) is 2.96. The highest BCUT2D eigenvalue weighted by molar-refractivity contribution is 7.88. The molecule has 4 rings (SSSR count). The van der Waals surface area contributed by atoms with Crippen LogP contribution in [0, 0.1) is 5.82 Å². The Morgan fingerprint density at radius 2 is 1.79 bits per heavy atom. The van der Waals surface area contributed by atoms with Gasteiger partial charge in [-0.05, 0) is 42.0 Å². The number of hydrogen-bond acceptors (Lipinski definition) is 6. The standard InChI is InChI=1S/C15H11FN4O2S2/c1-20-17-15(9-2-4-11(16)5-3-9)12-7-14-13(18-23-19-14)6-10(12)8-24(20,21)22/h2-7H,8H2,1H3. The van der Waals surface area contributed by atoms with Crippen molar-refractivity contribution in [1.29, 1.82) is 0 Å². The molecule has 1 aliphatic rings. The highest BCUT2D eigenvalue weighted by Crippen LogP contribution is 2.27. The lowest BCUT2D eigenvalue weighted by atomic mass is 9.97. The first-order valence-corrected chi connectivity index (χ1v) is 9.35. The van der Waals surface area contributed by atoms with Gasteiger partial charge in [0.15, 0.2) is 0 Å². The predicted molar refractivity (Wildman–Crippen MR) is 89.8 cm³/mol. The Hall–Kier alpha value is -2.39. The molecule has 2 aromatic carbocycles. The second-order valence-corrected chi connectivity index (χ2v) is 7.92. The molecule has 0 saturated heterocycles. The SMILES string of the molecule is CN1N=C(c2ccc(F)cc2)c2cc3nsnc3cc2CS1(=O)=O. The minimum absolute atomic E-state index is 0.180. The van der Waals surface area contributed by atoms with Crippen LogP contribution in [0.2, 0.25) is 0 Å². The van der Waals surface area contributed by atoms with Crippen LogP contribution in [0.15, 0.2) is 41.5 Å². The third-order valence-electron chi connectivity index (χ3n) is 3.83. The number of nitrogens with zero attached hydrogens (tertiary/aromatic N) is 4. The molecule has 1 aromatic heterocycles. The van der Waals surface area contributed by atoms with Crippen LogP contribution in [0.1, 0.15) is 16.7 Å². The summed E-state index contributed by atoms with van der Waals surface area (Å²) in [6.45, 7) is 0. The maximum Gasteiger partial charge on any atom is 0.253 e. The molecular formula is C15H11FN4O2S2. The topological polar surface area (TPSA) is 75.5 Å². The van der Waals surface area contributed by atoms with Crippen LogP contribution in [0.5, 0.6) is 0 Å². The monoisotopic (exact) mass is 362 g/mol. The van der Waals surface area contributed by atoms with E-state index in [2.05, 4.69) is 13.8 Å². The number of hydrazone groups is 1. The van der Waals surface area contributed by atoms with Gasteiger partial charge in [0, 0.05) is 18.2 Å². The van der Waals surface area contributed by atoms with Crippen molar-refractivity contribution < 1.29 is 12.8 Å². The van der Waals surface area contributed by atoms with Crippen molar-refractivity contribution in [2.75, 3.05) is 7.05 Å². The minimum atomic E-state index is -3.59. The lowest BCUT2D eigenvalue weighted by molar-refractivity contribution is 0.490. The quantitative estimate of drug-likeness (QED) is 0.666. The summed E-state index contributed by atoms with van der Waals surface area (Å²) in [6.07, 6.45) is 0. The maximum absolute atomic E-state index is 13.2. The Morgan fingerprint density at radius 3 is 2.50 bits per heavy atom. The van der Waals surface area contributed by atoms with Crippen LogP contribution in [0.25, 0.3) is 11.0 Å². The fraction of sp³-hybridized carbons (Fsp3) is 0.133. The smallest absolute Gasteiger partial charge is 0.207 e. The normalized spacial score (nSPS) is 16.6. The molecule has 0 radical (unpaired) electrons. The highest BCUT2D eigenvalue weighted by atomic mass is 32.2. The Balaban J connectivity index is 2.02. The zero-order valence-electron chi connectivity index (χ0n) is 12.5. The Morgan fingerprint density at radius 1 is 1.12 bits per heavy atom. The van der Waals surface area contributed by atoms with Crippen molar-refractivity contribution in [2.24, 2.45) is 5.10 Å². The molecule has 0 fully saturated rings. The van der Waals surface area contributed by atoms with Crippen molar-refractivity contribution >= 4 is 38.5 Å². The van der Waals surface area contributed by atoms with Gasteiger partial charge in [0.25, 0.3) is 10.0 Å². The molecule has 1 aliphatic heterocycles. The van der Waals surface area contributed by atoms with Gasteiger partial charge in [-0.2, -0.15) is 18.3 Å². The second kappa shape index (κ2) is 5.32. The number of aromatic nitrogens is 2.